The molecule has 1 aliphatic heterocycles. The Morgan fingerprint density at radius 3 is 2.19 bits per heavy atom. The number of carbonyl (C=O) groups is 2. The number of hydrogen-bond acceptors (Lipinski definition) is 5. The first kappa shape index (κ1) is 16.4. The maximum absolute atomic E-state index is 12.3. The van der Waals surface area contributed by atoms with Gasteiger partial charge in [0.1, 0.15) is 0 Å². The van der Waals surface area contributed by atoms with Crippen LogP contribution in [0.15, 0.2) is 48.5 Å². The van der Waals surface area contributed by atoms with Gasteiger partial charge in [-0.3, -0.25) is 14.5 Å². The molecule has 2 aromatic carbocycles. The summed E-state index contributed by atoms with van der Waals surface area (Å²) in [4.78, 5) is 27.3. The van der Waals surface area contributed by atoms with Gasteiger partial charge < -0.3 is 0 Å². The normalized spacial score (nSPS) is 13.3. The first-order chi connectivity index (χ1) is 12.6. The zero-order valence-electron chi connectivity index (χ0n) is 13.7. The fraction of sp³-hybridized carbons (Fsp3) is 0.167. The summed E-state index contributed by atoms with van der Waals surface area (Å²) in [7, 11) is 0. The number of benzene rings is 2. The lowest BCUT2D eigenvalue weighted by molar-refractivity contribution is 0.0649. The number of imide groups is 1. The van der Waals surface area contributed by atoms with Gasteiger partial charge >= 0.3 is 0 Å². The van der Waals surface area contributed by atoms with Crippen LogP contribution in [-0.2, 0) is 6.54 Å². The SMILES string of the molecule is O=C1c2ccccc2C(=O)N1CCCn1nnc(-c2ccc(Cl)cc2)n1. The van der Waals surface area contributed by atoms with Gasteiger partial charge in [-0.05, 0) is 48.0 Å². The van der Waals surface area contributed by atoms with E-state index in [-0.39, 0.29) is 11.8 Å². The number of hydrogen-bond donors (Lipinski definition) is 0. The summed E-state index contributed by atoms with van der Waals surface area (Å²) in [5.41, 5.74) is 1.74. The van der Waals surface area contributed by atoms with Gasteiger partial charge in [-0.2, -0.15) is 4.80 Å². The summed E-state index contributed by atoms with van der Waals surface area (Å²) in [5, 5.41) is 13.0. The molecule has 3 aromatic rings. The summed E-state index contributed by atoms with van der Waals surface area (Å²) in [6.45, 7) is 0.762. The van der Waals surface area contributed by atoms with Crippen molar-refractivity contribution in [3.05, 3.63) is 64.7 Å². The van der Waals surface area contributed by atoms with Crippen LogP contribution in [0.1, 0.15) is 27.1 Å². The minimum atomic E-state index is -0.251. The lowest BCUT2D eigenvalue weighted by Crippen LogP contribution is -2.31. The Balaban J connectivity index is 1.38. The van der Waals surface area contributed by atoms with E-state index in [0.29, 0.717) is 41.5 Å². The van der Waals surface area contributed by atoms with Gasteiger partial charge in [-0.15, -0.1) is 10.2 Å². The van der Waals surface area contributed by atoms with Crippen molar-refractivity contribution < 1.29 is 9.59 Å². The fourth-order valence-corrected chi connectivity index (χ4v) is 2.99. The Morgan fingerprint density at radius 1 is 0.885 bits per heavy atom. The van der Waals surface area contributed by atoms with Crippen LogP contribution >= 0.6 is 11.6 Å². The van der Waals surface area contributed by atoms with Crippen molar-refractivity contribution >= 4 is 23.4 Å². The molecular formula is C18H14ClN5O2. The molecule has 1 aromatic heterocycles. The molecule has 0 saturated heterocycles. The summed E-state index contributed by atoms with van der Waals surface area (Å²) in [6.07, 6.45) is 0.544. The summed E-state index contributed by atoms with van der Waals surface area (Å²) < 4.78 is 0. The number of rotatable bonds is 5. The predicted molar refractivity (Wildman–Crippen MR) is 94.7 cm³/mol. The second-order valence-corrected chi connectivity index (χ2v) is 6.31. The van der Waals surface area contributed by atoms with Crippen LogP contribution in [0.4, 0.5) is 0 Å². The molecule has 1 aliphatic rings. The molecule has 0 bridgehead atoms. The summed E-state index contributed by atoms with van der Waals surface area (Å²) in [5.74, 6) is 0.000373. The van der Waals surface area contributed by atoms with Crippen LogP contribution in [0, 0.1) is 0 Å². The van der Waals surface area contributed by atoms with Crippen LogP contribution in [0.2, 0.25) is 5.02 Å². The number of aromatic nitrogens is 4. The lowest BCUT2D eigenvalue weighted by atomic mass is 10.1. The van der Waals surface area contributed by atoms with E-state index >= 15 is 0 Å². The van der Waals surface area contributed by atoms with Gasteiger partial charge in [-0.1, -0.05) is 23.7 Å². The smallest absolute Gasteiger partial charge is 0.261 e. The Bertz CT molecular complexity index is 948. The molecule has 0 fully saturated rings. The number of nitrogens with zero attached hydrogens (tertiary/aromatic N) is 5. The Hall–Kier alpha value is -3.06. The zero-order chi connectivity index (χ0) is 18.1. The zero-order valence-corrected chi connectivity index (χ0v) is 14.4. The molecule has 26 heavy (non-hydrogen) atoms. The first-order valence-electron chi connectivity index (χ1n) is 8.12. The molecule has 2 amide bonds. The Morgan fingerprint density at radius 2 is 1.54 bits per heavy atom. The molecule has 0 spiro atoms. The van der Waals surface area contributed by atoms with Crippen LogP contribution in [-0.4, -0.2) is 43.5 Å². The van der Waals surface area contributed by atoms with E-state index < -0.39 is 0 Å². The van der Waals surface area contributed by atoms with E-state index in [1.54, 1.807) is 36.4 Å². The van der Waals surface area contributed by atoms with Crippen LogP contribution < -0.4 is 0 Å². The number of tetrazole rings is 1. The van der Waals surface area contributed by atoms with Crippen molar-refractivity contribution in [1.82, 2.24) is 25.1 Å². The maximum Gasteiger partial charge on any atom is 0.261 e. The third-order valence-corrected chi connectivity index (χ3v) is 4.43. The molecule has 0 aliphatic carbocycles. The highest BCUT2D eigenvalue weighted by Gasteiger charge is 2.34. The van der Waals surface area contributed by atoms with E-state index in [4.69, 9.17) is 11.6 Å². The van der Waals surface area contributed by atoms with E-state index in [2.05, 4.69) is 15.4 Å². The third kappa shape index (κ3) is 2.97. The van der Waals surface area contributed by atoms with Crippen molar-refractivity contribution in [3.8, 4) is 11.4 Å². The Labute approximate surface area is 154 Å². The number of fused-ring (bicyclic) bond motifs is 1. The molecule has 0 radical (unpaired) electrons. The van der Waals surface area contributed by atoms with Gasteiger partial charge in [-0.25, -0.2) is 0 Å². The molecule has 130 valence electrons. The van der Waals surface area contributed by atoms with Gasteiger partial charge in [0.25, 0.3) is 11.8 Å². The van der Waals surface area contributed by atoms with Crippen LogP contribution in [0.25, 0.3) is 11.4 Å². The van der Waals surface area contributed by atoms with Gasteiger partial charge in [0, 0.05) is 17.1 Å². The first-order valence-corrected chi connectivity index (χ1v) is 8.50. The maximum atomic E-state index is 12.3. The molecule has 0 unspecified atom stereocenters. The second-order valence-electron chi connectivity index (χ2n) is 5.88. The van der Waals surface area contributed by atoms with Crippen molar-refractivity contribution in [3.63, 3.8) is 0 Å². The van der Waals surface area contributed by atoms with Crippen molar-refractivity contribution in [1.29, 1.82) is 0 Å². The van der Waals surface area contributed by atoms with Gasteiger partial charge in [0.05, 0.1) is 17.7 Å². The quantitative estimate of drug-likeness (QED) is 0.647. The summed E-state index contributed by atoms with van der Waals surface area (Å²) >= 11 is 5.87. The molecular weight excluding hydrogens is 354 g/mol. The van der Waals surface area contributed by atoms with E-state index in [1.807, 2.05) is 12.1 Å². The largest absolute Gasteiger partial charge is 0.274 e. The standard InChI is InChI=1S/C18H14ClN5O2/c19-13-8-6-12(7-9-13)16-20-22-24(21-16)11-3-10-23-17(25)14-4-1-2-5-15(14)18(23)26/h1-2,4-9H,3,10-11H2. The number of halogens is 1. The molecule has 0 saturated carbocycles. The third-order valence-electron chi connectivity index (χ3n) is 4.17. The fourth-order valence-electron chi connectivity index (χ4n) is 2.86. The second kappa shape index (κ2) is 6.68. The van der Waals surface area contributed by atoms with E-state index in [1.165, 1.54) is 9.70 Å². The molecule has 4 rings (SSSR count). The molecule has 2 heterocycles. The van der Waals surface area contributed by atoms with Gasteiger partial charge in [0.15, 0.2) is 0 Å². The average Bonchev–Trinajstić information content (AvgIpc) is 3.22. The highest BCUT2D eigenvalue weighted by molar-refractivity contribution is 6.30. The van der Waals surface area contributed by atoms with E-state index in [9.17, 15) is 9.59 Å². The van der Waals surface area contributed by atoms with Crippen LogP contribution in [0.5, 0.6) is 0 Å². The molecule has 8 heteroatoms. The monoisotopic (exact) mass is 367 g/mol. The minimum absolute atomic E-state index is 0.251. The average molecular weight is 368 g/mol. The molecule has 0 N–H and O–H groups in total. The highest BCUT2D eigenvalue weighted by Crippen LogP contribution is 2.22. The lowest BCUT2D eigenvalue weighted by Gasteiger charge is -2.12. The number of carbonyl (C=O) groups excluding carboxylic acids is 2. The van der Waals surface area contributed by atoms with Crippen molar-refractivity contribution in [2.75, 3.05) is 6.54 Å². The van der Waals surface area contributed by atoms with Crippen LogP contribution in [0.3, 0.4) is 0 Å². The number of amides is 2. The van der Waals surface area contributed by atoms with Crippen molar-refractivity contribution in [2.45, 2.75) is 13.0 Å². The summed E-state index contributed by atoms with van der Waals surface area (Å²) in [6, 6.07) is 14.0. The predicted octanol–water partition coefficient (Wildman–Crippen LogP) is 2.68. The Kier molecular flexibility index (Phi) is 4.22. The molecule has 7 nitrogen and oxygen atoms in total. The molecule has 0 atom stereocenters. The number of aryl methyl sites for hydroxylation is 1. The van der Waals surface area contributed by atoms with Gasteiger partial charge in [0.2, 0.25) is 5.82 Å². The van der Waals surface area contributed by atoms with Crippen molar-refractivity contribution in [2.24, 2.45) is 0 Å². The van der Waals surface area contributed by atoms with E-state index in [0.717, 1.165) is 5.56 Å². The highest BCUT2D eigenvalue weighted by atomic mass is 35.5. The minimum Gasteiger partial charge on any atom is -0.274 e. The topological polar surface area (TPSA) is 81.0 Å².